The van der Waals surface area contributed by atoms with E-state index in [1.54, 1.807) is 7.05 Å². The molecule has 0 bridgehead atoms. The minimum absolute atomic E-state index is 0.00414. The van der Waals surface area contributed by atoms with Gasteiger partial charge in [0.2, 0.25) is 0 Å². The summed E-state index contributed by atoms with van der Waals surface area (Å²) in [5, 5.41) is 16.5. The summed E-state index contributed by atoms with van der Waals surface area (Å²) in [7, 11) is 1.57. The molecular formula is C34H57ClN4O6Si. The number of methoxy groups -OCH3 is 1. The molecule has 1 aromatic rings. The van der Waals surface area contributed by atoms with Crippen LogP contribution in [-0.4, -0.2) is 93.7 Å². The summed E-state index contributed by atoms with van der Waals surface area (Å²) in [6, 6.07) is 8.05. The quantitative estimate of drug-likeness (QED) is 0.175. The Bertz CT molecular complexity index is 1130. The summed E-state index contributed by atoms with van der Waals surface area (Å²) in [5.74, 6) is 0.710. The van der Waals surface area contributed by atoms with E-state index in [-0.39, 0.29) is 49.2 Å². The number of nitrogens with one attached hydrogen (secondary N) is 2. The molecule has 3 rings (SSSR count). The summed E-state index contributed by atoms with van der Waals surface area (Å²) in [6.07, 6.45) is 6.73. The van der Waals surface area contributed by atoms with Gasteiger partial charge in [-0.3, -0.25) is 0 Å². The highest BCUT2D eigenvalue weighted by Crippen LogP contribution is 2.37. The highest BCUT2D eigenvalue weighted by molar-refractivity contribution is 6.76. The first-order valence-electron chi connectivity index (χ1n) is 17.0. The lowest BCUT2D eigenvalue weighted by atomic mass is 9.75. The van der Waals surface area contributed by atoms with Gasteiger partial charge < -0.3 is 35.0 Å². The van der Waals surface area contributed by atoms with Crippen LogP contribution in [0, 0.1) is 17.8 Å². The van der Waals surface area contributed by atoms with Gasteiger partial charge in [-0.05, 0) is 49.3 Å². The van der Waals surface area contributed by atoms with Gasteiger partial charge in [0.15, 0.2) is 0 Å². The van der Waals surface area contributed by atoms with Crippen molar-refractivity contribution in [1.29, 1.82) is 0 Å². The van der Waals surface area contributed by atoms with Crippen LogP contribution < -0.4 is 10.6 Å². The van der Waals surface area contributed by atoms with Crippen LogP contribution in [-0.2, 0) is 9.47 Å². The van der Waals surface area contributed by atoms with Crippen molar-refractivity contribution in [3.8, 4) is 0 Å². The van der Waals surface area contributed by atoms with Crippen LogP contribution in [0.3, 0.4) is 0 Å². The van der Waals surface area contributed by atoms with Crippen LogP contribution >= 0.6 is 11.6 Å². The maximum Gasteiger partial charge on any atom is 0.407 e. The van der Waals surface area contributed by atoms with Gasteiger partial charge in [0.1, 0.15) is 0 Å². The molecule has 4 amide bonds. The van der Waals surface area contributed by atoms with Crippen molar-refractivity contribution in [3.05, 3.63) is 34.9 Å². The highest BCUT2D eigenvalue weighted by atomic mass is 35.5. The van der Waals surface area contributed by atoms with E-state index in [9.17, 15) is 19.5 Å². The highest BCUT2D eigenvalue weighted by Gasteiger charge is 2.37. The predicted molar refractivity (Wildman–Crippen MR) is 185 cm³/mol. The van der Waals surface area contributed by atoms with Crippen LogP contribution in [0.1, 0.15) is 70.0 Å². The van der Waals surface area contributed by atoms with Gasteiger partial charge in [-0.25, -0.2) is 14.4 Å². The standard InChI is InChI=1S/C34H57ClN4O6Si/c1-24(36-33(41)44-3)23-45-31(26-14-10-16-28(35)20-26)27-15-11-18-39(21-27)32(40)37-30(22-38(2)34(42)43)29(17-19-46(4,5)6)25-12-8-7-9-13-25/h10,14,16,20,24-25,27,29-31H,7-9,11-13,15,17-19,21-23H2,1-6H3,(H,36,41)(H,37,40)(H,42,43)/t24?,27-,29?,30-,31+/m1/s1. The van der Waals surface area contributed by atoms with Crippen LogP contribution in [0.15, 0.2) is 24.3 Å². The summed E-state index contributed by atoms with van der Waals surface area (Å²) in [4.78, 5) is 41.0. The third-order valence-electron chi connectivity index (χ3n) is 9.53. The molecule has 3 N–H and O–H groups in total. The van der Waals surface area contributed by atoms with Gasteiger partial charge in [-0.2, -0.15) is 0 Å². The first-order valence-corrected chi connectivity index (χ1v) is 21.1. The fourth-order valence-electron chi connectivity index (χ4n) is 7.02. The Morgan fingerprint density at radius 2 is 1.78 bits per heavy atom. The van der Waals surface area contributed by atoms with E-state index in [0.29, 0.717) is 24.0 Å². The molecule has 12 heteroatoms. The number of halogens is 1. The Balaban J connectivity index is 1.81. The average Bonchev–Trinajstić information content (AvgIpc) is 3.01. The number of alkyl carbamates (subject to hydrolysis) is 1. The number of hydrogen-bond donors (Lipinski definition) is 3. The molecule has 1 aliphatic carbocycles. The molecule has 0 aromatic heterocycles. The number of nitrogens with zero attached hydrogens (tertiary/aromatic N) is 2. The molecule has 10 nitrogen and oxygen atoms in total. The third-order valence-corrected chi connectivity index (χ3v) is 11.6. The minimum Gasteiger partial charge on any atom is -0.465 e. The van der Waals surface area contributed by atoms with E-state index in [0.717, 1.165) is 43.7 Å². The molecule has 1 aromatic carbocycles. The largest absolute Gasteiger partial charge is 0.465 e. The van der Waals surface area contributed by atoms with Gasteiger partial charge >= 0.3 is 18.2 Å². The number of carboxylic acid groups (broad SMARTS) is 1. The fourth-order valence-corrected chi connectivity index (χ4v) is 8.42. The molecule has 5 atom stereocenters. The van der Waals surface area contributed by atoms with Crippen molar-refractivity contribution in [1.82, 2.24) is 20.4 Å². The first kappa shape index (κ1) is 37.9. The normalized spacial score (nSPS) is 20.2. The minimum atomic E-state index is -1.36. The topological polar surface area (TPSA) is 120 Å². The van der Waals surface area contributed by atoms with Crippen LogP contribution in [0.5, 0.6) is 0 Å². The zero-order valence-corrected chi connectivity index (χ0v) is 30.5. The molecule has 1 saturated heterocycles. The van der Waals surface area contributed by atoms with Crippen molar-refractivity contribution in [2.45, 2.75) is 102 Å². The maximum atomic E-state index is 14.1. The van der Waals surface area contributed by atoms with Gasteiger partial charge in [0, 0.05) is 45.7 Å². The molecule has 0 radical (unpaired) electrons. The number of amides is 4. The number of piperidine rings is 1. The molecule has 1 heterocycles. The van der Waals surface area contributed by atoms with Gasteiger partial charge in [-0.15, -0.1) is 0 Å². The predicted octanol–water partition coefficient (Wildman–Crippen LogP) is 7.47. The number of likely N-dealkylation sites (tertiary alicyclic amines) is 1. The lowest BCUT2D eigenvalue weighted by Gasteiger charge is -2.41. The first-order chi connectivity index (χ1) is 21.8. The van der Waals surface area contributed by atoms with Gasteiger partial charge in [-0.1, -0.05) is 87.9 Å². The lowest BCUT2D eigenvalue weighted by Crippen LogP contribution is -2.55. The molecule has 2 unspecified atom stereocenters. The number of likely N-dealkylation sites (N-methyl/N-ethyl adjacent to an activating group) is 1. The smallest absolute Gasteiger partial charge is 0.407 e. The van der Waals surface area contributed by atoms with E-state index in [1.807, 2.05) is 36.1 Å². The molecular weight excluding hydrogens is 624 g/mol. The van der Waals surface area contributed by atoms with E-state index < -0.39 is 20.3 Å². The Labute approximate surface area is 281 Å². The number of carbonyl (C=O) groups is 3. The number of rotatable bonds is 14. The molecule has 1 saturated carbocycles. The maximum absolute atomic E-state index is 14.1. The van der Waals surface area contributed by atoms with Crippen LogP contribution in [0.4, 0.5) is 14.4 Å². The zero-order valence-electron chi connectivity index (χ0n) is 28.7. The zero-order chi connectivity index (χ0) is 33.9. The second-order valence-electron chi connectivity index (χ2n) is 14.6. The summed E-state index contributed by atoms with van der Waals surface area (Å²) in [6.45, 7) is 10.6. The third kappa shape index (κ3) is 12.3. The number of carbonyl (C=O) groups excluding carboxylic acids is 2. The number of benzene rings is 1. The van der Waals surface area contributed by atoms with E-state index in [2.05, 4.69) is 30.3 Å². The molecule has 0 spiro atoms. The van der Waals surface area contributed by atoms with Gasteiger partial charge in [0.25, 0.3) is 0 Å². The molecule has 2 fully saturated rings. The lowest BCUT2D eigenvalue weighted by molar-refractivity contribution is -0.0178. The van der Waals surface area contributed by atoms with Crippen LogP contribution in [0.25, 0.3) is 0 Å². The van der Waals surface area contributed by atoms with E-state index >= 15 is 0 Å². The van der Waals surface area contributed by atoms with Gasteiger partial charge in [0.05, 0.1) is 31.9 Å². The van der Waals surface area contributed by atoms with Crippen molar-refractivity contribution in [3.63, 3.8) is 0 Å². The second kappa shape index (κ2) is 18.2. The van der Waals surface area contributed by atoms with Crippen molar-refractivity contribution in [2.75, 3.05) is 40.4 Å². The van der Waals surface area contributed by atoms with E-state index in [1.165, 1.54) is 31.3 Å². The SMILES string of the molecule is COC(=O)NC(C)CO[C@@H](c1cccc(Cl)c1)[C@@H]1CCCN(C(=O)N[C@H](CN(C)C(=O)O)C(CC[Si](C)(C)C)C2CCCCC2)C1. The second-order valence-corrected chi connectivity index (χ2v) is 20.6. The fraction of sp³-hybridized carbons (Fsp3) is 0.735. The Kier molecular flexibility index (Phi) is 15.0. The van der Waals surface area contributed by atoms with Crippen molar-refractivity contribution < 1.29 is 29.0 Å². The van der Waals surface area contributed by atoms with E-state index in [4.69, 9.17) is 21.1 Å². The monoisotopic (exact) mass is 680 g/mol. The molecule has 1 aliphatic heterocycles. The number of urea groups is 1. The Morgan fingerprint density at radius 3 is 2.41 bits per heavy atom. The molecule has 260 valence electrons. The van der Waals surface area contributed by atoms with Crippen molar-refractivity contribution >= 4 is 37.9 Å². The molecule has 46 heavy (non-hydrogen) atoms. The average molecular weight is 681 g/mol. The number of ether oxygens (including phenoxy) is 2. The Hall–Kier alpha value is -2.50. The number of hydrogen-bond acceptors (Lipinski definition) is 5. The van der Waals surface area contributed by atoms with Crippen LogP contribution in [0.2, 0.25) is 30.7 Å². The summed E-state index contributed by atoms with van der Waals surface area (Å²) in [5.41, 5.74) is 0.926. The summed E-state index contributed by atoms with van der Waals surface area (Å²) >= 11 is 6.38. The Morgan fingerprint density at radius 1 is 1.09 bits per heavy atom. The summed E-state index contributed by atoms with van der Waals surface area (Å²) < 4.78 is 11.2. The van der Waals surface area contributed by atoms with Crippen molar-refractivity contribution in [2.24, 2.45) is 17.8 Å². The molecule has 2 aliphatic rings.